The smallest absolute Gasteiger partial charge is 0.407 e. The third-order valence-corrected chi connectivity index (χ3v) is 3.40. The third kappa shape index (κ3) is 4.46. The number of alkyl carbamates (subject to hydrolysis) is 1. The van der Waals surface area contributed by atoms with E-state index < -0.39 is 18.0 Å². The van der Waals surface area contributed by atoms with Gasteiger partial charge in [-0.25, -0.2) is 10.6 Å². The standard InChI is InChI=1S/C16H22N4O3/c1-10(2)9-23-16(22)19-14(15(21)20-17)7-11-8-18-13-6-4-3-5-12(11)13/h3-6,8,10,14,18H,7,9,17H2,1-2H3,(H,19,22)(H,20,21)/t14-/m1/s1. The number of carbonyl (C=O) groups excluding carboxylic acids is 2. The minimum absolute atomic E-state index is 0.219. The molecule has 0 fully saturated rings. The van der Waals surface area contributed by atoms with Crippen molar-refractivity contribution in [2.24, 2.45) is 11.8 Å². The molecule has 1 heterocycles. The van der Waals surface area contributed by atoms with Crippen molar-refractivity contribution in [1.82, 2.24) is 15.7 Å². The molecule has 23 heavy (non-hydrogen) atoms. The lowest BCUT2D eigenvalue weighted by Gasteiger charge is -2.17. The van der Waals surface area contributed by atoms with Crippen molar-refractivity contribution in [3.8, 4) is 0 Å². The molecule has 7 nitrogen and oxygen atoms in total. The van der Waals surface area contributed by atoms with E-state index in [0.29, 0.717) is 6.42 Å². The lowest BCUT2D eigenvalue weighted by atomic mass is 10.0. The quantitative estimate of drug-likeness (QED) is 0.367. The maximum absolute atomic E-state index is 11.9. The molecule has 7 heteroatoms. The second-order valence-electron chi connectivity index (χ2n) is 5.76. The SMILES string of the molecule is CC(C)COC(=O)N[C@H](Cc1c[nH]c2ccccc12)C(=O)NN. The van der Waals surface area contributed by atoms with Gasteiger partial charge in [-0.05, 0) is 17.5 Å². The molecule has 5 N–H and O–H groups in total. The molecule has 2 rings (SSSR count). The highest BCUT2D eigenvalue weighted by Crippen LogP contribution is 2.19. The normalized spacial score (nSPS) is 12.2. The first-order valence-corrected chi connectivity index (χ1v) is 7.50. The number of H-pyrrole nitrogens is 1. The Morgan fingerprint density at radius 1 is 1.30 bits per heavy atom. The second kappa shape index (κ2) is 7.64. The second-order valence-corrected chi connectivity index (χ2v) is 5.76. The number of hydrazine groups is 1. The Morgan fingerprint density at radius 3 is 2.74 bits per heavy atom. The van der Waals surface area contributed by atoms with E-state index in [2.05, 4.69) is 15.7 Å². The zero-order valence-electron chi connectivity index (χ0n) is 13.3. The molecule has 1 aromatic carbocycles. The summed E-state index contributed by atoms with van der Waals surface area (Å²) in [6.45, 7) is 4.16. The number of benzene rings is 1. The number of ether oxygens (including phenoxy) is 1. The van der Waals surface area contributed by atoms with Gasteiger partial charge in [-0.2, -0.15) is 0 Å². The fourth-order valence-corrected chi connectivity index (χ4v) is 2.26. The summed E-state index contributed by atoms with van der Waals surface area (Å²) in [6, 6.07) is 6.94. The van der Waals surface area contributed by atoms with Gasteiger partial charge in [-0.15, -0.1) is 0 Å². The number of nitrogens with two attached hydrogens (primary N) is 1. The number of hydrogen-bond acceptors (Lipinski definition) is 4. The molecule has 0 spiro atoms. The van der Waals surface area contributed by atoms with E-state index in [1.165, 1.54) is 0 Å². The first kappa shape index (κ1) is 16.8. The van der Waals surface area contributed by atoms with Gasteiger partial charge in [-0.3, -0.25) is 10.2 Å². The maximum atomic E-state index is 11.9. The Labute approximate surface area is 134 Å². The molecule has 0 aliphatic heterocycles. The van der Waals surface area contributed by atoms with Crippen LogP contribution in [-0.2, 0) is 16.0 Å². The van der Waals surface area contributed by atoms with Gasteiger partial charge in [-0.1, -0.05) is 32.0 Å². The van der Waals surface area contributed by atoms with E-state index >= 15 is 0 Å². The van der Waals surface area contributed by atoms with Crippen LogP contribution < -0.4 is 16.6 Å². The van der Waals surface area contributed by atoms with E-state index in [1.54, 1.807) is 0 Å². The summed E-state index contributed by atoms with van der Waals surface area (Å²) in [4.78, 5) is 26.9. The molecule has 1 aromatic heterocycles. The zero-order valence-corrected chi connectivity index (χ0v) is 13.3. The summed E-state index contributed by atoms with van der Waals surface area (Å²) < 4.78 is 5.06. The van der Waals surface area contributed by atoms with Crippen LogP contribution in [0.2, 0.25) is 0 Å². The van der Waals surface area contributed by atoms with Crippen molar-refractivity contribution < 1.29 is 14.3 Å². The molecule has 124 valence electrons. The van der Waals surface area contributed by atoms with Crippen LogP contribution in [-0.4, -0.2) is 29.6 Å². The highest BCUT2D eigenvalue weighted by atomic mass is 16.5. The van der Waals surface area contributed by atoms with Gasteiger partial charge in [0.05, 0.1) is 6.61 Å². The van der Waals surface area contributed by atoms with Crippen LogP contribution in [0.5, 0.6) is 0 Å². The molecule has 0 saturated carbocycles. The maximum Gasteiger partial charge on any atom is 0.407 e. The van der Waals surface area contributed by atoms with Crippen molar-refractivity contribution in [2.45, 2.75) is 26.3 Å². The summed E-state index contributed by atoms with van der Waals surface area (Å²) in [5.41, 5.74) is 3.96. The van der Waals surface area contributed by atoms with Crippen molar-refractivity contribution in [2.75, 3.05) is 6.61 Å². The average molecular weight is 318 g/mol. The summed E-state index contributed by atoms with van der Waals surface area (Å²) >= 11 is 0. The van der Waals surface area contributed by atoms with Crippen molar-refractivity contribution in [1.29, 1.82) is 0 Å². The molecule has 0 unspecified atom stereocenters. The monoisotopic (exact) mass is 318 g/mol. The van der Waals surface area contributed by atoms with E-state index in [1.807, 2.05) is 44.3 Å². The minimum Gasteiger partial charge on any atom is -0.449 e. The fourth-order valence-electron chi connectivity index (χ4n) is 2.26. The zero-order chi connectivity index (χ0) is 16.8. The average Bonchev–Trinajstić information content (AvgIpc) is 2.95. The number of carbonyl (C=O) groups is 2. The van der Waals surface area contributed by atoms with Crippen LogP contribution in [0.1, 0.15) is 19.4 Å². The number of para-hydroxylation sites is 1. The van der Waals surface area contributed by atoms with Gasteiger partial charge in [0.2, 0.25) is 0 Å². The van der Waals surface area contributed by atoms with Crippen molar-refractivity contribution in [3.05, 3.63) is 36.0 Å². The van der Waals surface area contributed by atoms with Crippen LogP contribution in [0, 0.1) is 5.92 Å². The van der Waals surface area contributed by atoms with Crippen LogP contribution in [0.25, 0.3) is 10.9 Å². The van der Waals surface area contributed by atoms with Gasteiger partial charge in [0.1, 0.15) is 6.04 Å². The van der Waals surface area contributed by atoms with Gasteiger partial charge >= 0.3 is 6.09 Å². The summed E-state index contributed by atoms with van der Waals surface area (Å²) in [7, 11) is 0. The van der Waals surface area contributed by atoms with E-state index in [4.69, 9.17) is 10.6 Å². The Morgan fingerprint density at radius 2 is 2.04 bits per heavy atom. The molecule has 1 atom stereocenters. The minimum atomic E-state index is -0.807. The summed E-state index contributed by atoms with van der Waals surface area (Å²) in [5, 5.41) is 3.56. The number of rotatable bonds is 6. The summed E-state index contributed by atoms with van der Waals surface area (Å²) in [5.74, 6) is 4.96. The molecule has 0 aliphatic carbocycles. The van der Waals surface area contributed by atoms with Crippen LogP contribution in [0.3, 0.4) is 0 Å². The molecular formula is C16H22N4O3. The number of aromatic amines is 1. The van der Waals surface area contributed by atoms with Crippen molar-refractivity contribution in [3.63, 3.8) is 0 Å². The first-order chi connectivity index (χ1) is 11.0. The molecule has 0 radical (unpaired) electrons. The van der Waals surface area contributed by atoms with Gasteiger partial charge in [0, 0.05) is 23.5 Å². The third-order valence-electron chi connectivity index (χ3n) is 3.40. The Bertz CT molecular complexity index is 681. The lowest BCUT2D eigenvalue weighted by molar-refractivity contribution is -0.123. The number of hydrogen-bond donors (Lipinski definition) is 4. The van der Waals surface area contributed by atoms with Crippen LogP contribution in [0.4, 0.5) is 4.79 Å². The van der Waals surface area contributed by atoms with Gasteiger partial charge in [0.25, 0.3) is 5.91 Å². The van der Waals surface area contributed by atoms with Crippen LogP contribution in [0.15, 0.2) is 30.5 Å². The number of fused-ring (bicyclic) bond motifs is 1. The van der Waals surface area contributed by atoms with E-state index in [0.717, 1.165) is 16.5 Å². The number of aromatic nitrogens is 1. The number of nitrogens with one attached hydrogen (secondary N) is 3. The topological polar surface area (TPSA) is 109 Å². The van der Waals surface area contributed by atoms with Gasteiger partial charge in [0.15, 0.2) is 0 Å². The van der Waals surface area contributed by atoms with Crippen molar-refractivity contribution >= 4 is 22.9 Å². The van der Waals surface area contributed by atoms with Crippen LogP contribution >= 0.6 is 0 Å². The van der Waals surface area contributed by atoms with Gasteiger partial charge < -0.3 is 15.0 Å². The molecule has 2 amide bonds. The fraction of sp³-hybridized carbons (Fsp3) is 0.375. The molecule has 0 saturated heterocycles. The molecule has 2 aromatic rings. The highest BCUT2D eigenvalue weighted by molar-refractivity contribution is 5.88. The molecule has 0 bridgehead atoms. The Balaban J connectivity index is 2.09. The Hall–Kier alpha value is -2.54. The predicted octanol–water partition coefficient (Wildman–Crippen LogP) is 1.45. The lowest BCUT2D eigenvalue weighted by Crippen LogP contribution is -2.50. The first-order valence-electron chi connectivity index (χ1n) is 7.50. The largest absolute Gasteiger partial charge is 0.449 e. The molecular weight excluding hydrogens is 296 g/mol. The Kier molecular flexibility index (Phi) is 5.59. The van der Waals surface area contributed by atoms with E-state index in [9.17, 15) is 9.59 Å². The number of amides is 2. The summed E-state index contributed by atoms with van der Waals surface area (Å²) in [6.07, 6.45) is 1.50. The molecule has 0 aliphatic rings. The predicted molar refractivity (Wildman–Crippen MR) is 87.4 cm³/mol. The van der Waals surface area contributed by atoms with E-state index in [-0.39, 0.29) is 12.5 Å². The highest BCUT2D eigenvalue weighted by Gasteiger charge is 2.22.